The number of rotatable bonds is 3. The van der Waals surface area contributed by atoms with Crippen molar-refractivity contribution in [3.63, 3.8) is 0 Å². The third-order valence-electron chi connectivity index (χ3n) is 8.57. The Balaban J connectivity index is 1.53. The van der Waals surface area contributed by atoms with Gasteiger partial charge in [0, 0.05) is 82.9 Å². The number of ether oxygens (including phenoxy) is 1. The lowest BCUT2D eigenvalue weighted by Gasteiger charge is -2.42. The number of alkyl halides is 3. The molecule has 0 spiro atoms. The fourth-order valence-electron chi connectivity index (χ4n) is 6.24. The average molecular weight is 573 g/mol. The molecule has 3 aromatic rings. The zero-order valence-electron chi connectivity index (χ0n) is 23.7. The number of likely N-dealkylation sites (N-methyl/N-ethyl adjacent to an activating group) is 1. The SMILES string of the molecule is CNC(=O)N1CCc2c(c(N3C[C@@H](C)N(C)c4cc(-c5cnn(C)c5)c(C(F)(F)F)cc43)nn2C2CCOCC2)C1. The van der Waals surface area contributed by atoms with E-state index in [1.54, 1.807) is 31.3 Å². The monoisotopic (exact) mass is 572 g/mol. The van der Waals surface area contributed by atoms with Crippen LogP contribution < -0.4 is 15.1 Å². The molecule has 1 fully saturated rings. The van der Waals surface area contributed by atoms with Crippen molar-refractivity contribution in [1.29, 1.82) is 0 Å². The molecule has 13 heteroatoms. The van der Waals surface area contributed by atoms with Crippen molar-refractivity contribution in [3.05, 3.63) is 41.3 Å². The smallest absolute Gasteiger partial charge is 0.381 e. The van der Waals surface area contributed by atoms with Gasteiger partial charge in [-0.3, -0.25) is 9.36 Å². The Kier molecular flexibility index (Phi) is 6.87. The van der Waals surface area contributed by atoms with Crippen LogP contribution in [0.2, 0.25) is 0 Å². The first-order chi connectivity index (χ1) is 19.6. The summed E-state index contributed by atoms with van der Waals surface area (Å²) in [5.74, 6) is 0.614. The summed E-state index contributed by atoms with van der Waals surface area (Å²) in [5.41, 5.74) is 2.84. The minimum absolute atomic E-state index is 0.0106. The standard InChI is InChI=1S/C28H35F3N8O2/c1-17-14-38(25-12-22(28(29,30)31)20(11-24(25)36(17)4)18-13-33-35(3)15-18)26-21-16-37(27(40)32-2)8-5-23(21)39(34-26)19-6-9-41-10-7-19/h11-13,15,17,19H,5-10,14,16H2,1-4H3,(H,32,40)/t17-/m1/s1. The second-order valence-corrected chi connectivity index (χ2v) is 11.1. The highest BCUT2D eigenvalue weighted by Crippen LogP contribution is 2.48. The number of carbonyl (C=O) groups is 1. The zero-order chi connectivity index (χ0) is 29.1. The molecule has 0 aliphatic carbocycles. The average Bonchev–Trinajstić information content (AvgIpc) is 3.57. The predicted molar refractivity (Wildman–Crippen MR) is 148 cm³/mol. The van der Waals surface area contributed by atoms with Crippen molar-refractivity contribution >= 4 is 23.2 Å². The zero-order valence-corrected chi connectivity index (χ0v) is 23.7. The van der Waals surface area contributed by atoms with E-state index < -0.39 is 11.7 Å². The lowest BCUT2D eigenvalue weighted by molar-refractivity contribution is -0.137. The van der Waals surface area contributed by atoms with Crippen LogP contribution in [0.25, 0.3) is 11.1 Å². The van der Waals surface area contributed by atoms with E-state index in [1.807, 2.05) is 16.8 Å². The Bertz CT molecular complexity index is 1460. The Morgan fingerprint density at radius 3 is 2.56 bits per heavy atom. The normalized spacial score (nSPS) is 19.8. The molecule has 10 nitrogen and oxygen atoms in total. The van der Waals surface area contributed by atoms with Gasteiger partial charge in [0.1, 0.15) is 0 Å². The summed E-state index contributed by atoms with van der Waals surface area (Å²) < 4.78 is 52.9. The number of urea groups is 1. The molecule has 5 heterocycles. The van der Waals surface area contributed by atoms with Crippen molar-refractivity contribution in [2.75, 3.05) is 50.2 Å². The molecule has 1 aromatic carbocycles. The number of nitrogens with one attached hydrogen (secondary N) is 1. The number of fused-ring (bicyclic) bond motifs is 2. The maximum atomic E-state index is 14.6. The maximum absolute atomic E-state index is 14.6. The highest BCUT2D eigenvalue weighted by Gasteiger charge is 2.40. The number of nitrogens with zero attached hydrogens (tertiary/aromatic N) is 7. The summed E-state index contributed by atoms with van der Waals surface area (Å²) in [5, 5.41) is 11.9. The van der Waals surface area contributed by atoms with E-state index in [0.29, 0.717) is 62.0 Å². The fourth-order valence-corrected chi connectivity index (χ4v) is 6.24. The number of amides is 2. The van der Waals surface area contributed by atoms with E-state index in [9.17, 15) is 18.0 Å². The van der Waals surface area contributed by atoms with Crippen molar-refractivity contribution in [2.24, 2.45) is 7.05 Å². The van der Waals surface area contributed by atoms with Crippen LogP contribution in [0.1, 0.15) is 42.6 Å². The summed E-state index contributed by atoms with van der Waals surface area (Å²) in [4.78, 5) is 18.3. The summed E-state index contributed by atoms with van der Waals surface area (Å²) >= 11 is 0. The molecule has 3 aliphatic heterocycles. The Hall–Kier alpha value is -3.74. The van der Waals surface area contributed by atoms with Crippen LogP contribution in [0.5, 0.6) is 0 Å². The molecule has 41 heavy (non-hydrogen) atoms. The number of hydrogen-bond acceptors (Lipinski definition) is 6. The van der Waals surface area contributed by atoms with Gasteiger partial charge in [0.2, 0.25) is 0 Å². The van der Waals surface area contributed by atoms with Gasteiger partial charge in [-0.2, -0.15) is 23.4 Å². The fraction of sp³-hybridized carbons (Fsp3) is 0.536. The lowest BCUT2D eigenvalue weighted by Crippen LogP contribution is -2.45. The number of benzene rings is 1. The quantitative estimate of drug-likeness (QED) is 0.503. The second-order valence-electron chi connectivity index (χ2n) is 11.1. The first kappa shape index (κ1) is 27.4. The molecular formula is C28H35F3N8O2. The topological polar surface area (TPSA) is 83.7 Å². The van der Waals surface area contributed by atoms with Crippen molar-refractivity contribution in [3.8, 4) is 11.1 Å². The highest BCUT2D eigenvalue weighted by atomic mass is 19.4. The van der Waals surface area contributed by atoms with Gasteiger partial charge in [-0.15, -0.1) is 0 Å². The number of halogens is 3. The summed E-state index contributed by atoms with van der Waals surface area (Å²) in [7, 11) is 5.19. The minimum Gasteiger partial charge on any atom is -0.381 e. The molecule has 6 rings (SSSR count). The Labute approximate surface area is 236 Å². The van der Waals surface area contributed by atoms with Gasteiger partial charge in [0.25, 0.3) is 0 Å². The van der Waals surface area contributed by atoms with E-state index in [0.717, 1.165) is 24.1 Å². The number of hydrogen-bond donors (Lipinski definition) is 1. The minimum atomic E-state index is -4.58. The molecule has 0 bridgehead atoms. The van der Waals surface area contributed by atoms with Crippen LogP contribution in [0.4, 0.5) is 35.2 Å². The Morgan fingerprint density at radius 1 is 1.15 bits per heavy atom. The third-order valence-corrected chi connectivity index (χ3v) is 8.57. The van der Waals surface area contributed by atoms with Gasteiger partial charge in [-0.05, 0) is 37.5 Å². The first-order valence-electron chi connectivity index (χ1n) is 14.0. The van der Waals surface area contributed by atoms with Gasteiger partial charge >= 0.3 is 12.2 Å². The molecule has 220 valence electrons. The molecule has 3 aliphatic rings. The molecule has 2 aromatic heterocycles. The summed E-state index contributed by atoms with van der Waals surface area (Å²) in [6.07, 6.45) is 0.728. The van der Waals surface area contributed by atoms with Crippen LogP contribution in [-0.2, 0) is 30.9 Å². The summed E-state index contributed by atoms with van der Waals surface area (Å²) in [6.45, 7) is 4.66. The van der Waals surface area contributed by atoms with Gasteiger partial charge in [0.05, 0.1) is 35.7 Å². The Morgan fingerprint density at radius 2 is 1.90 bits per heavy atom. The van der Waals surface area contributed by atoms with Gasteiger partial charge in [0.15, 0.2) is 5.82 Å². The molecule has 2 amide bonds. The molecule has 1 saturated heterocycles. The lowest BCUT2D eigenvalue weighted by atomic mass is 9.96. The van der Waals surface area contributed by atoms with Crippen molar-refractivity contribution in [2.45, 2.75) is 51.0 Å². The van der Waals surface area contributed by atoms with E-state index in [-0.39, 0.29) is 23.7 Å². The van der Waals surface area contributed by atoms with Gasteiger partial charge in [-0.1, -0.05) is 0 Å². The van der Waals surface area contributed by atoms with Crippen LogP contribution in [0.3, 0.4) is 0 Å². The van der Waals surface area contributed by atoms with Crippen LogP contribution in [0.15, 0.2) is 24.5 Å². The van der Waals surface area contributed by atoms with E-state index >= 15 is 0 Å². The molecule has 1 atom stereocenters. The number of anilines is 3. The van der Waals surface area contributed by atoms with E-state index in [1.165, 1.54) is 16.9 Å². The molecule has 1 N–H and O–H groups in total. The van der Waals surface area contributed by atoms with Crippen LogP contribution in [0, 0.1) is 0 Å². The molecular weight excluding hydrogens is 537 g/mol. The highest BCUT2D eigenvalue weighted by molar-refractivity contribution is 5.86. The number of aromatic nitrogens is 4. The van der Waals surface area contributed by atoms with Crippen LogP contribution >= 0.6 is 0 Å². The molecule has 0 saturated carbocycles. The molecule has 0 radical (unpaired) electrons. The van der Waals surface area contributed by atoms with E-state index in [4.69, 9.17) is 9.84 Å². The summed E-state index contributed by atoms with van der Waals surface area (Å²) in [6, 6.07) is 2.81. The number of aryl methyl sites for hydroxylation is 1. The van der Waals surface area contributed by atoms with Gasteiger partial charge < -0.3 is 24.8 Å². The maximum Gasteiger partial charge on any atom is 0.417 e. The first-order valence-corrected chi connectivity index (χ1v) is 14.0. The van der Waals surface area contributed by atoms with Crippen LogP contribution in [-0.4, -0.2) is 76.9 Å². The van der Waals surface area contributed by atoms with Gasteiger partial charge in [-0.25, -0.2) is 4.79 Å². The van der Waals surface area contributed by atoms with Crippen molar-refractivity contribution < 1.29 is 22.7 Å². The van der Waals surface area contributed by atoms with Crippen molar-refractivity contribution in [1.82, 2.24) is 29.8 Å². The molecule has 0 unspecified atom stereocenters. The largest absolute Gasteiger partial charge is 0.417 e. The second kappa shape index (κ2) is 10.3. The van der Waals surface area contributed by atoms with E-state index in [2.05, 4.69) is 22.0 Å². The predicted octanol–water partition coefficient (Wildman–Crippen LogP) is 4.33. The number of carbonyl (C=O) groups excluding carboxylic acids is 1. The third kappa shape index (κ3) is 4.79.